The van der Waals surface area contributed by atoms with Gasteiger partial charge in [0, 0.05) is 17.0 Å². The summed E-state index contributed by atoms with van der Waals surface area (Å²) in [5.74, 6) is -0.507. The molecule has 0 aliphatic heterocycles. The number of carbonyl (C=O) groups excluding carboxylic acids is 1. The molecule has 6 nitrogen and oxygen atoms in total. The molecule has 32 heavy (non-hydrogen) atoms. The Morgan fingerprint density at radius 2 is 1.81 bits per heavy atom. The summed E-state index contributed by atoms with van der Waals surface area (Å²) in [5, 5.41) is 4.39. The first-order chi connectivity index (χ1) is 15.1. The second-order valence-electron chi connectivity index (χ2n) is 6.56. The average molecular weight is 485 g/mol. The summed E-state index contributed by atoms with van der Waals surface area (Å²) in [4.78, 5) is 13.1. The molecule has 0 spiro atoms. The van der Waals surface area contributed by atoms with Gasteiger partial charge in [0.2, 0.25) is 10.0 Å². The summed E-state index contributed by atoms with van der Waals surface area (Å²) in [5.41, 5.74) is -0.701. The Morgan fingerprint density at radius 3 is 2.53 bits per heavy atom. The summed E-state index contributed by atoms with van der Waals surface area (Å²) < 4.78 is 70.9. The van der Waals surface area contributed by atoms with E-state index in [0.29, 0.717) is 0 Å². The standard InChI is InChI=1S/C21H19F3N2O4S2/c22-21(23,24)16-5-2-6-17(13-16)30-10-9-25-20(27)15-4-1-8-19(12-15)32(28,29)26-14-18-7-3-11-31-18/h1-8,11-13,26H,9-10,14H2,(H,25,27). The van der Waals surface area contributed by atoms with Crippen molar-refractivity contribution in [2.75, 3.05) is 13.2 Å². The fraction of sp³-hybridized carbons (Fsp3) is 0.190. The highest BCUT2D eigenvalue weighted by Crippen LogP contribution is 2.31. The predicted molar refractivity (Wildman–Crippen MR) is 114 cm³/mol. The Bertz CT molecular complexity index is 1160. The molecule has 1 amide bonds. The number of ether oxygens (including phenoxy) is 1. The number of alkyl halides is 3. The third kappa shape index (κ3) is 6.55. The van der Waals surface area contributed by atoms with Crippen LogP contribution in [0.5, 0.6) is 5.75 Å². The second kappa shape index (κ2) is 10.2. The molecule has 0 radical (unpaired) electrons. The third-order valence-corrected chi connectivity index (χ3v) is 6.52. The van der Waals surface area contributed by atoms with Crippen LogP contribution in [0.15, 0.2) is 70.9 Å². The summed E-state index contributed by atoms with van der Waals surface area (Å²) in [6.45, 7) is 0.0966. The number of thiophene rings is 1. The molecule has 11 heteroatoms. The first kappa shape index (κ1) is 23.8. The number of hydrogen-bond donors (Lipinski definition) is 2. The van der Waals surface area contributed by atoms with Gasteiger partial charge in [0.1, 0.15) is 12.4 Å². The Balaban J connectivity index is 1.53. The first-order valence-corrected chi connectivity index (χ1v) is 11.7. The number of hydrogen-bond acceptors (Lipinski definition) is 5. The van der Waals surface area contributed by atoms with Crippen LogP contribution in [0.2, 0.25) is 0 Å². The van der Waals surface area contributed by atoms with E-state index < -0.39 is 27.7 Å². The Morgan fingerprint density at radius 1 is 1.03 bits per heavy atom. The van der Waals surface area contributed by atoms with E-state index >= 15 is 0 Å². The molecule has 1 heterocycles. The van der Waals surface area contributed by atoms with E-state index in [-0.39, 0.29) is 35.9 Å². The lowest BCUT2D eigenvalue weighted by Crippen LogP contribution is -2.28. The summed E-state index contributed by atoms with van der Waals surface area (Å²) in [6, 6.07) is 13.6. The molecule has 2 aromatic carbocycles. The van der Waals surface area contributed by atoms with Crippen molar-refractivity contribution >= 4 is 27.3 Å². The van der Waals surface area contributed by atoms with Gasteiger partial charge >= 0.3 is 6.18 Å². The molecular weight excluding hydrogens is 465 g/mol. The number of amides is 1. The van der Waals surface area contributed by atoms with Gasteiger partial charge in [-0.3, -0.25) is 4.79 Å². The van der Waals surface area contributed by atoms with Crippen molar-refractivity contribution in [1.29, 1.82) is 0 Å². The van der Waals surface area contributed by atoms with Gasteiger partial charge in [0.25, 0.3) is 5.91 Å². The van der Waals surface area contributed by atoms with Crippen molar-refractivity contribution in [1.82, 2.24) is 10.0 Å². The molecule has 0 aliphatic rings. The molecule has 0 atom stereocenters. The number of halogens is 3. The molecule has 3 rings (SSSR count). The number of rotatable bonds is 9. The fourth-order valence-electron chi connectivity index (χ4n) is 2.66. The zero-order chi connectivity index (χ0) is 23.2. The van der Waals surface area contributed by atoms with Crippen LogP contribution < -0.4 is 14.8 Å². The summed E-state index contributed by atoms with van der Waals surface area (Å²) in [7, 11) is -3.81. The molecule has 0 saturated heterocycles. The van der Waals surface area contributed by atoms with E-state index in [0.717, 1.165) is 17.0 Å². The zero-order valence-electron chi connectivity index (χ0n) is 16.6. The average Bonchev–Trinajstić information content (AvgIpc) is 3.29. The van der Waals surface area contributed by atoms with Gasteiger partial charge in [0.15, 0.2) is 0 Å². The summed E-state index contributed by atoms with van der Waals surface area (Å²) >= 11 is 1.42. The molecule has 0 bridgehead atoms. The first-order valence-electron chi connectivity index (χ1n) is 9.35. The summed E-state index contributed by atoms with van der Waals surface area (Å²) in [6.07, 6.45) is -4.47. The largest absolute Gasteiger partial charge is 0.492 e. The maximum Gasteiger partial charge on any atom is 0.416 e. The SMILES string of the molecule is O=C(NCCOc1cccc(C(F)(F)F)c1)c1cccc(S(=O)(=O)NCc2cccs2)c1. The number of sulfonamides is 1. The van der Waals surface area contributed by atoms with Gasteiger partial charge < -0.3 is 10.1 Å². The molecule has 0 unspecified atom stereocenters. The maximum atomic E-state index is 12.7. The van der Waals surface area contributed by atoms with Gasteiger partial charge in [-0.25, -0.2) is 13.1 Å². The quantitative estimate of drug-likeness (QED) is 0.449. The molecule has 0 saturated carbocycles. The lowest BCUT2D eigenvalue weighted by molar-refractivity contribution is -0.137. The Kier molecular flexibility index (Phi) is 7.54. The maximum absolute atomic E-state index is 12.7. The third-order valence-electron chi connectivity index (χ3n) is 4.24. The predicted octanol–water partition coefficient (Wildman–Crippen LogP) is 4.05. The lowest BCUT2D eigenvalue weighted by atomic mass is 10.2. The second-order valence-corrected chi connectivity index (χ2v) is 9.36. The van der Waals surface area contributed by atoms with E-state index in [1.807, 2.05) is 11.4 Å². The minimum atomic E-state index is -4.47. The van der Waals surface area contributed by atoms with Crippen LogP contribution in [0.1, 0.15) is 20.8 Å². The van der Waals surface area contributed by atoms with Crippen LogP contribution in [0.25, 0.3) is 0 Å². The Labute approximate surface area is 187 Å². The van der Waals surface area contributed by atoms with Crippen molar-refractivity contribution in [3.63, 3.8) is 0 Å². The van der Waals surface area contributed by atoms with Crippen LogP contribution in [0, 0.1) is 0 Å². The van der Waals surface area contributed by atoms with Crippen LogP contribution in [0.4, 0.5) is 13.2 Å². The molecular formula is C21H19F3N2O4S2. The Hall–Kier alpha value is -2.89. The van der Waals surface area contributed by atoms with Crippen molar-refractivity contribution < 1.29 is 31.1 Å². The van der Waals surface area contributed by atoms with Crippen molar-refractivity contribution in [3.8, 4) is 5.75 Å². The van der Waals surface area contributed by atoms with Crippen molar-refractivity contribution in [2.45, 2.75) is 17.6 Å². The fourth-order valence-corrected chi connectivity index (χ4v) is 4.45. The van der Waals surface area contributed by atoms with Crippen LogP contribution in [0.3, 0.4) is 0 Å². The van der Waals surface area contributed by atoms with Crippen LogP contribution in [-0.2, 0) is 22.7 Å². The topological polar surface area (TPSA) is 84.5 Å². The minimum Gasteiger partial charge on any atom is -0.492 e. The van der Waals surface area contributed by atoms with E-state index in [4.69, 9.17) is 4.74 Å². The molecule has 3 aromatic rings. The number of benzene rings is 2. The molecule has 2 N–H and O–H groups in total. The zero-order valence-corrected chi connectivity index (χ0v) is 18.2. The van der Waals surface area contributed by atoms with Crippen LogP contribution >= 0.6 is 11.3 Å². The van der Waals surface area contributed by atoms with Gasteiger partial charge in [0.05, 0.1) is 17.0 Å². The highest BCUT2D eigenvalue weighted by atomic mass is 32.2. The van der Waals surface area contributed by atoms with Crippen molar-refractivity contribution in [3.05, 3.63) is 82.0 Å². The number of carbonyl (C=O) groups is 1. The van der Waals surface area contributed by atoms with Crippen LogP contribution in [-0.4, -0.2) is 27.5 Å². The smallest absolute Gasteiger partial charge is 0.416 e. The van der Waals surface area contributed by atoms with Crippen molar-refractivity contribution in [2.24, 2.45) is 0 Å². The lowest BCUT2D eigenvalue weighted by Gasteiger charge is -2.11. The monoisotopic (exact) mass is 484 g/mol. The van der Waals surface area contributed by atoms with Gasteiger partial charge in [-0.15, -0.1) is 11.3 Å². The minimum absolute atomic E-state index is 0.0166. The van der Waals surface area contributed by atoms with Gasteiger partial charge in [-0.2, -0.15) is 13.2 Å². The van der Waals surface area contributed by atoms with Gasteiger partial charge in [-0.1, -0.05) is 18.2 Å². The molecule has 1 aromatic heterocycles. The van der Waals surface area contributed by atoms with Gasteiger partial charge in [-0.05, 0) is 47.8 Å². The van der Waals surface area contributed by atoms with E-state index in [2.05, 4.69) is 10.0 Å². The molecule has 0 aliphatic carbocycles. The van der Waals surface area contributed by atoms with E-state index in [1.165, 1.54) is 47.7 Å². The number of nitrogens with one attached hydrogen (secondary N) is 2. The molecule has 170 valence electrons. The molecule has 0 fully saturated rings. The highest BCUT2D eigenvalue weighted by molar-refractivity contribution is 7.89. The van der Waals surface area contributed by atoms with E-state index in [1.54, 1.807) is 6.07 Å². The van der Waals surface area contributed by atoms with E-state index in [9.17, 15) is 26.4 Å². The normalized spacial score (nSPS) is 11.8. The highest BCUT2D eigenvalue weighted by Gasteiger charge is 2.30.